The number of pyridine rings is 1. The van der Waals surface area contributed by atoms with Crippen LogP contribution in [0.15, 0.2) is 48.7 Å². The average molecular weight is 284 g/mol. The predicted molar refractivity (Wildman–Crippen MR) is 86.5 cm³/mol. The third-order valence-electron chi connectivity index (χ3n) is 3.30. The van der Waals surface area contributed by atoms with Crippen molar-refractivity contribution in [1.29, 1.82) is 0 Å². The van der Waals surface area contributed by atoms with E-state index < -0.39 is 0 Å². The summed E-state index contributed by atoms with van der Waals surface area (Å²) in [5.74, 6) is 0.959. The summed E-state index contributed by atoms with van der Waals surface area (Å²) in [6.45, 7) is 4.79. The minimum atomic E-state index is 0.804. The highest BCUT2D eigenvalue weighted by molar-refractivity contribution is 5.27. The van der Waals surface area contributed by atoms with Crippen LogP contribution in [0.3, 0.4) is 0 Å². The van der Waals surface area contributed by atoms with Crippen LogP contribution in [0.4, 0.5) is 0 Å². The molecule has 0 saturated carbocycles. The molecule has 112 valence electrons. The molecule has 3 nitrogen and oxygen atoms in total. The Bertz CT molecular complexity index is 496. The minimum Gasteiger partial charge on any atom is -0.494 e. The maximum atomic E-state index is 5.66. The molecule has 0 amide bonds. The summed E-state index contributed by atoms with van der Waals surface area (Å²) >= 11 is 0. The van der Waals surface area contributed by atoms with E-state index in [1.807, 2.05) is 30.5 Å². The van der Waals surface area contributed by atoms with E-state index in [1.54, 1.807) is 0 Å². The van der Waals surface area contributed by atoms with Crippen LogP contribution in [0.2, 0.25) is 0 Å². The van der Waals surface area contributed by atoms with Crippen molar-refractivity contribution in [1.82, 2.24) is 10.3 Å². The fraction of sp³-hybridized carbons (Fsp3) is 0.389. The molecule has 1 N–H and O–H groups in total. The first-order valence-corrected chi connectivity index (χ1v) is 7.71. The lowest BCUT2D eigenvalue weighted by Crippen LogP contribution is -2.17. The molecule has 0 fully saturated rings. The molecule has 0 bridgehead atoms. The second-order valence-electron chi connectivity index (χ2n) is 5.09. The normalized spacial score (nSPS) is 10.5. The molecule has 1 aromatic heterocycles. The van der Waals surface area contributed by atoms with Gasteiger partial charge in [0.1, 0.15) is 5.75 Å². The van der Waals surface area contributed by atoms with Crippen LogP contribution in [-0.4, -0.2) is 18.1 Å². The first-order valence-electron chi connectivity index (χ1n) is 7.71. The Morgan fingerprint density at radius 2 is 1.95 bits per heavy atom. The molecule has 0 saturated heterocycles. The van der Waals surface area contributed by atoms with Gasteiger partial charge in [0.2, 0.25) is 0 Å². The third kappa shape index (κ3) is 5.96. The molecule has 0 aliphatic carbocycles. The summed E-state index contributed by atoms with van der Waals surface area (Å²) in [6.07, 6.45) is 5.07. The smallest absolute Gasteiger partial charge is 0.119 e. The molecule has 0 spiro atoms. The molecule has 0 aliphatic rings. The fourth-order valence-electron chi connectivity index (χ4n) is 2.03. The topological polar surface area (TPSA) is 34.1 Å². The van der Waals surface area contributed by atoms with Crippen LogP contribution < -0.4 is 10.1 Å². The van der Waals surface area contributed by atoms with Crippen LogP contribution in [0, 0.1) is 0 Å². The highest BCUT2D eigenvalue weighted by atomic mass is 16.5. The lowest BCUT2D eigenvalue weighted by Gasteiger charge is -2.07. The van der Waals surface area contributed by atoms with Gasteiger partial charge in [0.05, 0.1) is 6.61 Å². The van der Waals surface area contributed by atoms with Crippen LogP contribution in [0.1, 0.15) is 31.0 Å². The summed E-state index contributed by atoms with van der Waals surface area (Å²) in [4.78, 5) is 4.31. The summed E-state index contributed by atoms with van der Waals surface area (Å²) in [5.41, 5.74) is 2.41. The Kier molecular flexibility index (Phi) is 6.75. The lowest BCUT2D eigenvalue weighted by molar-refractivity contribution is 0.309. The van der Waals surface area contributed by atoms with E-state index in [-0.39, 0.29) is 0 Å². The number of ether oxygens (including phenoxy) is 1. The summed E-state index contributed by atoms with van der Waals surface area (Å²) < 4.78 is 5.66. The number of hydrogen-bond donors (Lipinski definition) is 1. The number of aromatic nitrogens is 1. The first-order chi connectivity index (χ1) is 10.4. The van der Waals surface area contributed by atoms with Crippen molar-refractivity contribution in [2.45, 2.75) is 32.7 Å². The molecule has 0 unspecified atom stereocenters. The molecule has 2 aromatic rings. The molecule has 1 aromatic carbocycles. The number of unbranched alkanes of at least 4 members (excludes halogenated alkanes) is 1. The van der Waals surface area contributed by atoms with E-state index in [0.717, 1.165) is 50.4 Å². The number of nitrogens with zero attached hydrogens (tertiary/aromatic N) is 1. The number of nitrogens with one attached hydrogen (secondary N) is 1. The molecule has 0 radical (unpaired) electrons. The maximum absolute atomic E-state index is 5.66. The first kappa shape index (κ1) is 15.5. The number of hydrogen-bond acceptors (Lipinski definition) is 3. The van der Waals surface area contributed by atoms with E-state index in [9.17, 15) is 0 Å². The summed E-state index contributed by atoms with van der Waals surface area (Å²) in [7, 11) is 0. The highest BCUT2D eigenvalue weighted by Crippen LogP contribution is 2.12. The predicted octanol–water partition coefficient (Wildman–Crippen LogP) is 3.59. The molecule has 1 heterocycles. The van der Waals surface area contributed by atoms with Crippen molar-refractivity contribution in [3.63, 3.8) is 0 Å². The van der Waals surface area contributed by atoms with Crippen molar-refractivity contribution in [2.75, 3.05) is 13.2 Å². The second-order valence-corrected chi connectivity index (χ2v) is 5.09. The van der Waals surface area contributed by atoms with Crippen molar-refractivity contribution >= 4 is 0 Å². The zero-order chi connectivity index (χ0) is 14.8. The van der Waals surface area contributed by atoms with Crippen LogP contribution in [0.5, 0.6) is 5.75 Å². The summed E-state index contributed by atoms with van der Waals surface area (Å²) in [5, 5.41) is 3.44. The van der Waals surface area contributed by atoms with Gasteiger partial charge >= 0.3 is 0 Å². The van der Waals surface area contributed by atoms with E-state index in [2.05, 4.69) is 35.4 Å². The van der Waals surface area contributed by atoms with Gasteiger partial charge in [-0.1, -0.05) is 31.5 Å². The molecular formula is C18H24N2O. The molecular weight excluding hydrogens is 260 g/mol. The van der Waals surface area contributed by atoms with Gasteiger partial charge in [-0.15, -0.1) is 0 Å². The SMILES string of the molecule is CCCCOc1ccc(CNCCc2ccccn2)cc1. The highest BCUT2D eigenvalue weighted by Gasteiger charge is 1.97. The number of rotatable bonds is 9. The minimum absolute atomic E-state index is 0.804. The standard InChI is InChI=1S/C18H24N2O/c1-2-3-14-21-18-9-7-16(8-10-18)15-19-13-11-17-6-4-5-12-20-17/h4-10,12,19H,2-3,11,13-15H2,1H3. The van der Waals surface area contributed by atoms with Gasteiger partial charge in [0.15, 0.2) is 0 Å². The maximum Gasteiger partial charge on any atom is 0.119 e. The van der Waals surface area contributed by atoms with Crippen molar-refractivity contribution < 1.29 is 4.74 Å². The van der Waals surface area contributed by atoms with Crippen molar-refractivity contribution in [2.24, 2.45) is 0 Å². The van der Waals surface area contributed by atoms with Crippen molar-refractivity contribution in [3.8, 4) is 5.75 Å². The molecule has 3 heteroatoms. The monoisotopic (exact) mass is 284 g/mol. The van der Waals surface area contributed by atoms with Gasteiger partial charge in [0, 0.05) is 31.4 Å². The van der Waals surface area contributed by atoms with Gasteiger partial charge in [-0.3, -0.25) is 4.98 Å². The fourth-order valence-corrected chi connectivity index (χ4v) is 2.03. The zero-order valence-corrected chi connectivity index (χ0v) is 12.7. The molecule has 2 rings (SSSR count). The Balaban J connectivity index is 1.66. The molecule has 0 atom stereocenters. The second kappa shape index (κ2) is 9.14. The number of benzene rings is 1. The lowest BCUT2D eigenvalue weighted by atomic mass is 10.2. The van der Waals surface area contributed by atoms with Gasteiger partial charge in [-0.2, -0.15) is 0 Å². The average Bonchev–Trinajstić information content (AvgIpc) is 2.54. The van der Waals surface area contributed by atoms with Crippen LogP contribution >= 0.6 is 0 Å². The van der Waals surface area contributed by atoms with E-state index in [1.165, 1.54) is 5.56 Å². The largest absolute Gasteiger partial charge is 0.494 e. The molecule has 0 aliphatic heterocycles. The van der Waals surface area contributed by atoms with Crippen molar-refractivity contribution in [3.05, 3.63) is 59.9 Å². The van der Waals surface area contributed by atoms with Crippen LogP contribution in [0.25, 0.3) is 0 Å². The Morgan fingerprint density at radius 3 is 2.67 bits per heavy atom. The van der Waals surface area contributed by atoms with Crippen LogP contribution in [-0.2, 0) is 13.0 Å². The zero-order valence-electron chi connectivity index (χ0n) is 12.7. The van der Waals surface area contributed by atoms with E-state index >= 15 is 0 Å². The summed E-state index contributed by atoms with van der Waals surface area (Å²) in [6, 6.07) is 14.4. The van der Waals surface area contributed by atoms with E-state index in [4.69, 9.17) is 4.74 Å². The Morgan fingerprint density at radius 1 is 1.10 bits per heavy atom. The quantitative estimate of drug-likeness (QED) is 0.715. The van der Waals surface area contributed by atoms with Gasteiger partial charge in [-0.25, -0.2) is 0 Å². The Labute approximate surface area is 127 Å². The Hall–Kier alpha value is -1.87. The van der Waals surface area contributed by atoms with Gasteiger partial charge in [0.25, 0.3) is 0 Å². The van der Waals surface area contributed by atoms with Gasteiger partial charge in [-0.05, 0) is 36.2 Å². The van der Waals surface area contributed by atoms with Gasteiger partial charge < -0.3 is 10.1 Å². The third-order valence-corrected chi connectivity index (χ3v) is 3.30. The molecule has 21 heavy (non-hydrogen) atoms. The van der Waals surface area contributed by atoms with E-state index in [0.29, 0.717) is 0 Å².